The van der Waals surface area contributed by atoms with Crippen LogP contribution in [0.4, 0.5) is 13.2 Å². The molecule has 0 spiro atoms. The molecule has 1 N–H and O–H groups in total. The largest absolute Gasteiger partial charge is 0.309 e. The highest BCUT2D eigenvalue weighted by Crippen LogP contribution is 2.27. The van der Waals surface area contributed by atoms with Gasteiger partial charge in [0.2, 0.25) is 0 Å². The van der Waals surface area contributed by atoms with Crippen molar-refractivity contribution in [3.63, 3.8) is 0 Å². The van der Waals surface area contributed by atoms with Gasteiger partial charge >= 0.3 is 0 Å². The van der Waals surface area contributed by atoms with Crippen LogP contribution in [0.3, 0.4) is 0 Å². The zero-order valence-electron chi connectivity index (χ0n) is 10.1. The van der Waals surface area contributed by atoms with Crippen molar-refractivity contribution in [3.8, 4) is 0 Å². The first-order valence-electron chi connectivity index (χ1n) is 5.60. The Kier molecular flexibility index (Phi) is 4.46. The van der Waals surface area contributed by atoms with E-state index in [1.54, 1.807) is 7.05 Å². The third-order valence-corrected chi connectivity index (χ3v) is 3.59. The Hall–Kier alpha value is -1.08. The molecule has 2 rings (SSSR count). The highest BCUT2D eigenvalue weighted by Gasteiger charge is 2.20. The molecule has 0 radical (unpaired) electrons. The van der Waals surface area contributed by atoms with E-state index in [0.29, 0.717) is 0 Å². The molecule has 1 nitrogen and oxygen atoms in total. The molecule has 0 amide bonds. The summed E-state index contributed by atoms with van der Waals surface area (Å²) in [5.74, 6) is -3.78. The van der Waals surface area contributed by atoms with Crippen molar-refractivity contribution in [1.29, 1.82) is 0 Å². The van der Waals surface area contributed by atoms with E-state index >= 15 is 0 Å². The maximum atomic E-state index is 13.8. The van der Waals surface area contributed by atoms with Crippen LogP contribution in [0, 0.1) is 21.0 Å². The minimum absolute atomic E-state index is 0.0857. The zero-order chi connectivity index (χ0) is 14.0. The molecule has 0 aliphatic carbocycles. The number of hydrogen-bond donors (Lipinski definition) is 1. The van der Waals surface area contributed by atoms with E-state index in [-0.39, 0.29) is 5.56 Å². The Morgan fingerprint density at radius 1 is 0.947 bits per heavy atom. The topological polar surface area (TPSA) is 12.0 Å². The van der Waals surface area contributed by atoms with Gasteiger partial charge in [-0.1, -0.05) is 18.2 Å². The molecule has 0 saturated heterocycles. The molecule has 0 fully saturated rings. The van der Waals surface area contributed by atoms with E-state index in [1.807, 2.05) is 24.3 Å². The van der Waals surface area contributed by atoms with Crippen molar-refractivity contribution in [3.05, 3.63) is 68.5 Å². The van der Waals surface area contributed by atoms with Crippen molar-refractivity contribution in [2.24, 2.45) is 0 Å². The second-order valence-corrected chi connectivity index (χ2v) is 5.28. The Balaban J connectivity index is 2.48. The van der Waals surface area contributed by atoms with Crippen molar-refractivity contribution in [1.82, 2.24) is 5.32 Å². The highest BCUT2D eigenvalue weighted by atomic mass is 127. The molecule has 0 bridgehead atoms. The molecular weight excluding hydrogens is 366 g/mol. The molecule has 0 aliphatic heterocycles. The SMILES string of the molecule is CNC(c1ccc(I)cc1)c1ccc(F)c(F)c1F. The Bertz CT molecular complexity index is 584. The van der Waals surface area contributed by atoms with Crippen LogP contribution in [0.25, 0.3) is 0 Å². The van der Waals surface area contributed by atoms with Gasteiger partial charge in [-0.3, -0.25) is 0 Å². The fourth-order valence-electron chi connectivity index (χ4n) is 1.92. The standard InChI is InChI=1S/C14H11F3IN/c1-19-14(8-2-4-9(18)5-3-8)10-6-7-11(15)13(17)12(10)16/h2-7,14,19H,1H3. The van der Waals surface area contributed by atoms with Crippen LogP contribution in [-0.4, -0.2) is 7.05 Å². The van der Waals surface area contributed by atoms with Crippen molar-refractivity contribution < 1.29 is 13.2 Å². The van der Waals surface area contributed by atoms with Crippen molar-refractivity contribution in [2.75, 3.05) is 7.05 Å². The fourth-order valence-corrected chi connectivity index (χ4v) is 2.28. The zero-order valence-corrected chi connectivity index (χ0v) is 12.2. The maximum absolute atomic E-state index is 13.8. The van der Waals surface area contributed by atoms with Crippen LogP contribution >= 0.6 is 22.6 Å². The summed E-state index contributed by atoms with van der Waals surface area (Å²) in [6.45, 7) is 0. The average Bonchev–Trinajstić information content (AvgIpc) is 2.41. The first-order chi connectivity index (χ1) is 9.04. The summed E-state index contributed by atoms with van der Waals surface area (Å²) in [6.07, 6.45) is 0. The molecule has 0 aliphatic rings. The van der Waals surface area contributed by atoms with Gasteiger partial charge < -0.3 is 5.32 Å². The van der Waals surface area contributed by atoms with Gasteiger partial charge in [0.05, 0.1) is 6.04 Å². The van der Waals surface area contributed by atoms with E-state index in [0.717, 1.165) is 15.2 Å². The summed E-state index contributed by atoms with van der Waals surface area (Å²) in [7, 11) is 1.64. The molecule has 5 heteroatoms. The van der Waals surface area contributed by atoms with E-state index in [9.17, 15) is 13.2 Å². The van der Waals surface area contributed by atoms with Crippen LogP contribution in [0.1, 0.15) is 17.2 Å². The van der Waals surface area contributed by atoms with Crippen LogP contribution in [0.15, 0.2) is 36.4 Å². The van der Waals surface area contributed by atoms with E-state index in [2.05, 4.69) is 27.9 Å². The molecule has 0 aromatic heterocycles. The van der Waals surface area contributed by atoms with Gasteiger partial charge in [0.15, 0.2) is 17.5 Å². The molecule has 1 atom stereocenters. The van der Waals surface area contributed by atoms with E-state index in [4.69, 9.17) is 0 Å². The lowest BCUT2D eigenvalue weighted by Gasteiger charge is -2.18. The molecule has 0 heterocycles. The van der Waals surface area contributed by atoms with Crippen molar-refractivity contribution in [2.45, 2.75) is 6.04 Å². The number of halogens is 4. The number of hydrogen-bond acceptors (Lipinski definition) is 1. The quantitative estimate of drug-likeness (QED) is 0.630. The van der Waals surface area contributed by atoms with Gasteiger partial charge in [-0.25, -0.2) is 13.2 Å². The summed E-state index contributed by atoms with van der Waals surface area (Å²) in [4.78, 5) is 0. The lowest BCUT2D eigenvalue weighted by atomic mass is 9.98. The van der Waals surface area contributed by atoms with Crippen LogP contribution in [-0.2, 0) is 0 Å². The lowest BCUT2D eigenvalue weighted by molar-refractivity contribution is 0.435. The normalized spacial score (nSPS) is 12.5. The Morgan fingerprint density at radius 2 is 1.58 bits per heavy atom. The van der Waals surface area contributed by atoms with Gasteiger partial charge in [0, 0.05) is 9.13 Å². The van der Waals surface area contributed by atoms with Gasteiger partial charge in [0.25, 0.3) is 0 Å². The number of nitrogens with one attached hydrogen (secondary N) is 1. The van der Waals surface area contributed by atoms with Gasteiger partial charge in [0.1, 0.15) is 0 Å². The maximum Gasteiger partial charge on any atom is 0.194 e. The molecule has 19 heavy (non-hydrogen) atoms. The smallest absolute Gasteiger partial charge is 0.194 e. The molecule has 2 aromatic rings. The lowest BCUT2D eigenvalue weighted by Crippen LogP contribution is -2.19. The number of benzene rings is 2. The van der Waals surface area contributed by atoms with Gasteiger partial charge in [-0.2, -0.15) is 0 Å². The Morgan fingerprint density at radius 3 is 2.16 bits per heavy atom. The predicted octanol–water partition coefficient (Wildman–Crippen LogP) is 4.02. The fraction of sp³-hybridized carbons (Fsp3) is 0.143. The van der Waals surface area contributed by atoms with Crippen molar-refractivity contribution >= 4 is 22.6 Å². The van der Waals surface area contributed by atoms with Crippen LogP contribution in [0.5, 0.6) is 0 Å². The third-order valence-electron chi connectivity index (χ3n) is 2.87. The molecule has 100 valence electrons. The predicted molar refractivity (Wildman–Crippen MR) is 76.4 cm³/mol. The molecular formula is C14H11F3IN. The average molecular weight is 377 g/mol. The van der Waals surface area contributed by atoms with Crippen LogP contribution < -0.4 is 5.32 Å². The summed E-state index contributed by atoms with van der Waals surface area (Å²) < 4.78 is 41.1. The van der Waals surface area contributed by atoms with E-state index in [1.165, 1.54) is 6.07 Å². The Labute approximate surface area is 123 Å². The molecule has 2 aromatic carbocycles. The third kappa shape index (κ3) is 2.92. The second kappa shape index (κ2) is 5.92. The van der Waals surface area contributed by atoms with Gasteiger partial charge in [-0.15, -0.1) is 0 Å². The van der Waals surface area contributed by atoms with Crippen LogP contribution in [0.2, 0.25) is 0 Å². The first kappa shape index (κ1) is 14.3. The summed E-state index contributed by atoms with van der Waals surface area (Å²) in [5, 5.41) is 2.91. The summed E-state index contributed by atoms with van der Waals surface area (Å²) >= 11 is 2.16. The van der Waals surface area contributed by atoms with Gasteiger partial charge in [-0.05, 0) is 53.4 Å². The summed E-state index contributed by atoms with van der Waals surface area (Å²) in [6, 6.07) is 9.06. The number of rotatable bonds is 3. The monoisotopic (exact) mass is 377 g/mol. The minimum Gasteiger partial charge on any atom is -0.309 e. The molecule has 1 unspecified atom stereocenters. The minimum atomic E-state index is -1.44. The van der Waals surface area contributed by atoms with E-state index < -0.39 is 23.5 Å². The first-order valence-corrected chi connectivity index (χ1v) is 6.68. The highest BCUT2D eigenvalue weighted by molar-refractivity contribution is 14.1. The summed E-state index contributed by atoms with van der Waals surface area (Å²) in [5.41, 5.74) is 0.871. The second-order valence-electron chi connectivity index (χ2n) is 4.04. The molecule has 0 saturated carbocycles.